The number of carbonyl (C=O) groups excluding carboxylic acids is 1. The molecular weight excluding hydrogens is 242 g/mol. The number of nitrogens with one attached hydrogen (secondary N) is 1. The molecule has 0 aliphatic heterocycles. The second-order valence-electron chi connectivity index (χ2n) is 4.07. The first-order valence-electron chi connectivity index (χ1n) is 5.91. The molecule has 1 aromatic carbocycles. The van der Waals surface area contributed by atoms with Crippen LogP contribution in [0.25, 0.3) is 0 Å². The zero-order chi connectivity index (χ0) is 13.7. The van der Waals surface area contributed by atoms with Crippen LogP contribution in [0.2, 0.25) is 0 Å². The number of benzene rings is 1. The van der Waals surface area contributed by atoms with E-state index < -0.39 is 5.91 Å². The minimum absolute atomic E-state index is 0.0288. The Hall–Kier alpha value is -2.40. The molecule has 0 bridgehead atoms. The number of hydrogen-bond acceptors (Lipinski definition) is 4. The summed E-state index contributed by atoms with van der Waals surface area (Å²) in [6.07, 6.45) is 1.46. The lowest BCUT2D eigenvalue weighted by Gasteiger charge is -2.06. The Labute approximate surface area is 111 Å². The highest BCUT2D eigenvalue weighted by Gasteiger charge is 2.11. The van der Waals surface area contributed by atoms with Crippen molar-refractivity contribution in [3.8, 4) is 5.75 Å². The molecule has 19 heavy (non-hydrogen) atoms. The highest BCUT2D eigenvalue weighted by atomic mass is 16.3. The molecule has 0 aliphatic rings. The van der Waals surface area contributed by atoms with E-state index in [4.69, 9.17) is 5.73 Å². The van der Waals surface area contributed by atoms with E-state index >= 15 is 0 Å². The highest BCUT2D eigenvalue weighted by Crippen LogP contribution is 2.12. The molecule has 0 aliphatic carbocycles. The molecule has 0 saturated heterocycles. The molecule has 2 aromatic rings. The number of carbonyl (C=O) groups is 1. The summed E-state index contributed by atoms with van der Waals surface area (Å²) >= 11 is 0. The van der Waals surface area contributed by atoms with E-state index in [1.807, 2.05) is 24.3 Å². The third-order valence-corrected chi connectivity index (χ3v) is 2.71. The monoisotopic (exact) mass is 257 g/mol. The van der Waals surface area contributed by atoms with E-state index in [0.717, 1.165) is 11.1 Å². The van der Waals surface area contributed by atoms with Gasteiger partial charge in [-0.1, -0.05) is 24.3 Å². The third kappa shape index (κ3) is 3.29. The van der Waals surface area contributed by atoms with Crippen LogP contribution in [0.1, 0.15) is 21.6 Å². The second kappa shape index (κ2) is 5.97. The van der Waals surface area contributed by atoms with E-state index in [0.29, 0.717) is 13.1 Å². The van der Waals surface area contributed by atoms with Crippen LogP contribution in [0.3, 0.4) is 0 Å². The average molecular weight is 257 g/mol. The van der Waals surface area contributed by atoms with Gasteiger partial charge in [0.05, 0.1) is 0 Å². The lowest BCUT2D eigenvalue weighted by molar-refractivity contribution is 0.0943. The predicted molar refractivity (Wildman–Crippen MR) is 71.4 cm³/mol. The maximum Gasteiger partial charge on any atom is 0.273 e. The number of aromatic nitrogens is 1. The SMILES string of the molecule is NCc1ccc(CNC(=O)c2ncccc2O)cc1. The molecule has 0 spiro atoms. The lowest BCUT2D eigenvalue weighted by atomic mass is 10.1. The zero-order valence-corrected chi connectivity index (χ0v) is 10.3. The molecule has 1 amide bonds. The van der Waals surface area contributed by atoms with Crippen molar-refractivity contribution >= 4 is 5.91 Å². The maximum atomic E-state index is 11.8. The third-order valence-electron chi connectivity index (χ3n) is 2.71. The lowest BCUT2D eigenvalue weighted by Crippen LogP contribution is -2.23. The number of pyridine rings is 1. The first-order chi connectivity index (χ1) is 9.20. The van der Waals surface area contributed by atoms with E-state index in [2.05, 4.69) is 10.3 Å². The van der Waals surface area contributed by atoms with Crippen molar-refractivity contribution < 1.29 is 9.90 Å². The van der Waals surface area contributed by atoms with Crippen molar-refractivity contribution in [2.24, 2.45) is 5.73 Å². The van der Waals surface area contributed by atoms with Crippen LogP contribution in [-0.4, -0.2) is 16.0 Å². The summed E-state index contributed by atoms with van der Waals surface area (Å²) in [5.74, 6) is -0.528. The van der Waals surface area contributed by atoms with E-state index in [1.165, 1.54) is 12.3 Å². The van der Waals surface area contributed by atoms with Crippen molar-refractivity contribution in [3.63, 3.8) is 0 Å². The van der Waals surface area contributed by atoms with Crippen molar-refractivity contribution in [1.29, 1.82) is 0 Å². The number of nitrogens with zero attached hydrogens (tertiary/aromatic N) is 1. The predicted octanol–water partition coefficient (Wildman–Crippen LogP) is 1.18. The molecule has 0 radical (unpaired) electrons. The maximum absolute atomic E-state index is 11.8. The zero-order valence-electron chi connectivity index (χ0n) is 10.3. The Morgan fingerprint density at radius 1 is 1.21 bits per heavy atom. The second-order valence-corrected chi connectivity index (χ2v) is 4.07. The molecule has 1 heterocycles. The van der Waals surface area contributed by atoms with Gasteiger partial charge in [-0.3, -0.25) is 4.79 Å². The molecule has 2 rings (SSSR count). The highest BCUT2D eigenvalue weighted by molar-refractivity contribution is 5.94. The molecule has 5 nitrogen and oxygen atoms in total. The molecule has 5 heteroatoms. The minimum Gasteiger partial charge on any atom is -0.505 e. The van der Waals surface area contributed by atoms with Gasteiger partial charge in [-0.25, -0.2) is 4.98 Å². The van der Waals surface area contributed by atoms with Crippen LogP contribution in [0.15, 0.2) is 42.6 Å². The normalized spacial score (nSPS) is 10.2. The molecule has 98 valence electrons. The van der Waals surface area contributed by atoms with Crippen LogP contribution in [-0.2, 0) is 13.1 Å². The first-order valence-corrected chi connectivity index (χ1v) is 5.91. The van der Waals surface area contributed by atoms with Crippen molar-refractivity contribution in [1.82, 2.24) is 10.3 Å². The molecule has 0 saturated carbocycles. The van der Waals surface area contributed by atoms with Gasteiger partial charge in [0.15, 0.2) is 5.69 Å². The van der Waals surface area contributed by atoms with Gasteiger partial charge in [-0.2, -0.15) is 0 Å². The summed E-state index contributed by atoms with van der Waals surface area (Å²) in [7, 11) is 0. The Morgan fingerprint density at radius 2 is 1.89 bits per heavy atom. The topological polar surface area (TPSA) is 88.2 Å². The van der Waals surface area contributed by atoms with Crippen LogP contribution >= 0.6 is 0 Å². The quantitative estimate of drug-likeness (QED) is 0.767. The molecular formula is C14H15N3O2. The fourth-order valence-corrected chi connectivity index (χ4v) is 1.63. The van der Waals surface area contributed by atoms with Crippen LogP contribution in [0.4, 0.5) is 0 Å². The summed E-state index contributed by atoms with van der Waals surface area (Å²) in [6, 6.07) is 10.6. The van der Waals surface area contributed by atoms with E-state index in [1.54, 1.807) is 6.07 Å². The van der Waals surface area contributed by atoms with E-state index in [9.17, 15) is 9.90 Å². The molecule has 4 N–H and O–H groups in total. The van der Waals surface area contributed by atoms with Gasteiger partial charge in [0.1, 0.15) is 5.75 Å². The van der Waals surface area contributed by atoms with Crippen LogP contribution in [0, 0.1) is 0 Å². The molecule has 1 aromatic heterocycles. The summed E-state index contributed by atoms with van der Waals surface area (Å²) < 4.78 is 0. The number of rotatable bonds is 4. The van der Waals surface area contributed by atoms with Gasteiger partial charge in [-0.15, -0.1) is 0 Å². The van der Waals surface area contributed by atoms with Crippen LogP contribution < -0.4 is 11.1 Å². The Balaban J connectivity index is 1.98. The first kappa shape index (κ1) is 13.0. The Bertz CT molecular complexity index is 567. The fourth-order valence-electron chi connectivity index (χ4n) is 1.63. The Morgan fingerprint density at radius 3 is 2.53 bits per heavy atom. The number of amides is 1. The minimum atomic E-state index is -0.402. The Kier molecular flexibility index (Phi) is 4.10. The van der Waals surface area contributed by atoms with Gasteiger partial charge in [0, 0.05) is 19.3 Å². The fraction of sp³-hybridized carbons (Fsp3) is 0.143. The van der Waals surface area contributed by atoms with E-state index in [-0.39, 0.29) is 11.4 Å². The molecule has 0 atom stereocenters. The smallest absolute Gasteiger partial charge is 0.273 e. The van der Waals surface area contributed by atoms with Crippen molar-refractivity contribution in [2.45, 2.75) is 13.1 Å². The number of hydrogen-bond donors (Lipinski definition) is 3. The number of aromatic hydroxyl groups is 1. The van der Waals surface area contributed by atoms with Crippen molar-refractivity contribution in [2.75, 3.05) is 0 Å². The van der Waals surface area contributed by atoms with Gasteiger partial charge in [0.25, 0.3) is 5.91 Å². The largest absolute Gasteiger partial charge is 0.505 e. The summed E-state index contributed by atoms with van der Waals surface area (Å²) in [5.41, 5.74) is 7.54. The summed E-state index contributed by atoms with van der Waals surface area (Å²) in [4.78, 5) is 15.6. The van der Waals surface area contributed by atoms with Gasteiger partial charge in [0.2, 0.25) is 0 Å². The van der Waals surface area contributed by atoms with Crippen LogP contribution in [0.5, 0.6) is 5.75 Å². The van der Waals surface area contributed by atoms with Gasteiger partial charge >= 0.3 is 0 Å². The number of nitrogens with two attached hydrogens (primary N) is 1. The van der Waals surface area contributed by atoms with Crippen molar-refractivity contribution in [3.05, 3.63) is 59.4 Å². The summed E-state index contributed by atoms with van der Waals surface area (Å²) in [6.45, 7) is 0.869. The standard InChI is InChI=1S/C14H15N3O2/c15-8-10-3-5-11(6-4-10)9-17-14(19)13-12(18)2-1-7-16-13/h1-7,18H,8-9,15H2,(H,17,19). The molecule has 0 fully saturated rings. The average Bonchev–Trinajstić information content (AvgIpc) is 2.46. The summed E-state index contributed by atoms with van der Waals surface area (Å²) in [5, 5.41) is 12.2. The molecule has 0 unspecified atom stereocenters. The van der Waals surface area contributed by atoms with Gasteiger partial charge < -0.3 is 16.2 Å². The van der Waals surface area contributed by atoms with Gasteiger partial charge in [-0.05, 0) is 23.3 Å².